The molecule has 1 aliphatic heterocycles. The molecule has 2 rings (SSSR count). The fourth-order valence-electron chi connectivity index (χ4n) is 3.21. The molecule has 1 aromatic carbocycles. The fourth-order valence-corrected chi connectivity index (χ4v) is 3.21. The van der Waals surface area contributed by atoms with Crippen LogP contribution in [-0.4, -0.2) is 35.8 Å². The van der Waals surface area contributed by atoms with Crippen LogP contribution in [0.15, 0.2) is 24.3 Å². The van der Waals surface area contributed by atoms with Gasteiger partial charge in [-0.05, 0) is 43.4 Å². The molecule has 0 aromatic heterocycles. The van der Waals surface area contributed by atoms with Crippen LogP contribution in [0.5, 0.6) is 0 Å². The molecular weight excluding hydrogens is 307 g/mol. The summed E-state index contributed by atoms with van der Waals surface area (Å²) < 4.78 is 12.9. The van der Waals surface area contributed by atoms with Crippen molar-refractivity contribution in [2.75, 3.05) is 13.1 Å². The number of nitrogens with one attached hydrogen (secondary N) is 1. The number of piperidine rings is 1. The first-order valence-electron chi connectivity index (χ1n) is 8.86. The average Bonchev–Trinajstić information content (AvgIpc) is 2.58. The Hall–Kier alpha value is -1.91. The molecule has 1 N–H and O–H groups in total. The smallest absolute Gasteiger partial charge is 0.225 e. The van der Waals surface area contributed by atoms with E-state index in [0.29, 0.717) is 13.1 Å². The summed E-state index contributed by atoms with van der Waals surface area (Å²) in [4.78, 5) is 26.4. The molecule has 1 aliphatic rings. The summed E-state index contributed by atoms with van der Waals surface area (Å²) in [6.07, 6.45) is 3.60. The van der Waals surface area contributed by atoms with E-state index >= 15 is 0 Å². The minimum atomic E-state index is -0.298. The highest BCUT2D eigenvalue weighted by Crippen LogP contribution is 2.17. The molecule has 0 atom stereocenters. The largest absolute Gasteiger partial charge is 0.353 e. The molecule has 4 nitrogen and oxygen atoms in total. The van der Waals surface area contributed by atoms with Gasteiger partial charge in [0.05, 0.1) is 6.42 Å². The number of hydrogen-bond donors (Lipinski definition) is 1. The Morgan fingerprint density at radius 1 is 1.17 bits per heavy atom. The lowest BCUT2D eigenvalue weighted by Gasteiger charge is -2.34. The summed E-state index contributed by atoms with van der Waals surface area (Å²) >= 11 is 0. The summed E-state index contributed by atoms with van der Waals surface area (Å²) in [5.41, 5.74) is 0.801. The number of amides is 2. The van der Waals surface area contributed by atoms with Gasteiger partial charge in [0.15, 0.2) is 0 Å². The van der Waals surface area contributed by atoms with Crippen LogP contribution in [-0.2, 0) is 16.0 Å². The van der Waals surface area contributed by atoms with Crippen molar-refractivity contribution >= 4 is 11.8 Å². The van der Waals surface area contributed by atoms with E-state index in [-0.39, 0.29) is 36.0 Å². The Morgan fingerprint density at radius 3 is 2.29 bits per heavy atom. The summed E-state index contributed by atoms with van der Waals surface area (Å²) in [6.45, 7) is 5.51. The lowest BCUT2D eigenvalue weighted by Crippen LogP contribution is -2.48. The van der Waals surface area contributed by atoms with Crippen molar-refractivity contribution in [2.24, 2.45) is 5.92 Å². The van der Waals surface area contributed by atoms with Crippen molar-refractivity contribution in [1.82, 2.24) is 10.2 Å². The normalized spacial score (nSPS) is 15.6. The van der Waals surface area contributed by atoms with E-state index in [4.69, 9.17) is 0 Å². The number of carbonyl (C=O) groups excluding carboxylic acids is 2. The molecule has 0 unspecified atom stereocenters. The zero-order chi connectivity index (χ0) is 17.5. The van der Waals surface area contributed by atoms with Gasteiger partial charge in [-0.15, -0.1) is 0 Å². The topological polar surface area (TPSA) is 49.4 Å². The molecule has 2 amide bonds. The van der Waals surface area contributed by atoms with Crippen LogP contribution in [0.4, 0.5) is 4.39 Å². The monoisotopic (exact) mass is 334 g/mol. The summed E-state index contributed by atoms with van der Waals surface area (Å²) in [6, 6.07) is 6.11. The molecule has 132 valence electrons. The van der Waals surface area contributed by atoms with E-state index in [2.05, 4.69) is 19.2 Å². The van der Waals surface area contributed by atoms with Crippen molar-refractivity contribution in [3.8, 4) is 0 Å². The van der Waals surface area contributed by atoms with Gasteiger partial charge in [0.1, 0.15) is 5.82 Å². The minimum absolute atomic E-state index is 0.0497. The number of benzene rings is 1. The van der Waals surface area contributed by atoms with Gasteiger partial charge in [0.2, 0.25) is 11.8 Å². The second-order valence-corrected chi connectivity index (χ2v) is 6.48. The van der Waals surface area contributed by atoms with Crippen LogP contribution in [0.25, 0.3) is 0 Å². The third-order valence-corrected chi connectivity index (χ3v) is 4.78. The highest BCUT2D eigenvalue weighted by atomic mass is 19.1. The summed E-state index contributed by atoms with van der Waals surface area (Å²) in [5, 5.41) is 3.03. The number of nitrogens with zero attached hydrogens (tertiary/aromatic N) is 1. The molecule has 0 aliphatic carbocycles. The average molecular weight is 334 g/mol. The van der Waals surface area contributed by atoms with Crippen LogP contribution in [0, 0.1) is 11.7 Å². The second-order valence-electron chi connectivity index (χ2n) is 6.48. The molecule has 0 bridgehead atoms. The highest BCUT2D eigenvalue weighted by molar-refractivity contribution is 5.80. The summed E-state index contributed by atoms with van der Waals surface area (Å²) in [7, 11) is 0. The van der Waals surface area contributed by atoms with Crippen LogP contribution < -0.4 is 5.32 Å². The molecule has 1 saturated heterocycles. The van der Waals surface area contributed by atoms with Crippen molar-refractivity contribution in [3.63, 3.8) is 0 Å². The molecule has 1 fully saturated rings. The Morgan fingerprint density at radius 2 is 1.75 bits per heavy atom. The zero-order valence-corrected chi connectivity index (χ0v) is 14.6. The number of rotatable bonds is 6. The van der Waals surface area contributed by atoms with E-state index in [9.17, 15) is 14.0 Å². The number of halogens is 1. The van der Waals surface area contributed by atoms with Crippen molar-refractivity contribution in [2.45, 2.75) is 52.0 Å². The molecular formula is C19H27FN2O2. The molecule has 0 spiro atoms. The maximum Gasteiger partial charge on any atom is 0.225 e. The van der Waals surface area contributed by atoms with E-state index in [1.54, 1.807) is 12.1 Å². The summed E-state index contributed by atoms with van der Waals surface area (Å²) in [5.74, 6) is 0.0192. The first kappa shape index (κ1) is 18.4. The van der Waals surface area contributed by atoms with E-state index in [1.807, 2.05) is 4.90 Å². The van der Waals surface area contributed by atoms with Gasteiger partial charge in [0.25, 0.3) is 0 Å². The van der Waals surface area contributed by atoms with Gasteiger partial charge in [-0.3, -0.25) is 9.59 Å². The van der Waals surface area contributed by atoms with Crippen LogP contribution in [0.2, 0.25) is 0 Å². The number of likely N-dealkylation sites (tertiary alicyclic amines) is 1. The van der Waals surface area contributed by atoms with Gasteiger partial charge < -0.3 is 10.2 Å². The van der Waals surface area contributed by atoms with Crippen molar-refractivity contribution in [3.05, 3.63) is 35.6 Å². The van der Waals surface area contributed by atoms with Crippen molar-refractivity contribution < 1.29 is 14.0 Å². The minimum Gasteiger partial charge on any atom is -0.353 e. The zero-order valence-electron chi connectivity index (χ0n) is 14.6. The SMILES string of the molecule is CCC(CC)C(=O)N1CCC(NC(=O)Cc2ccc(F)cc2)CC1. The molecule has 5 heteroatoms. The fraction of sp³-hybridized carbons (Fsp3) is 0.579. The van der Waals surface area contributed by atoms with Crippen molar-refractivity contribution in [1.29, 1.82) is 0 Å². The lowest BCUT2D eigenvalue weighted by molar-refractivity contribution is -0.137. The predicted molar refractivity (Wildman–Crippen MR) is 91.9 cm³/mol. The van der Waals surface area contributed by atoms with Gasteiger partial charge in [-0.25, -0.2) is 4.39 Å². The number of carbonyl (C=O) groups is 2. The Bertz CT molecular complexity index is 547. The second kappa shape index (κ2) is 8.81. The van der Waals surface area contributed by atoms with Gasteiger partial charge in [-0.1, -0.05) is 26.0 Å². The standard InChI is InChI=1S/C19H27FN2O2/c1-3-15(4-2)19(24)22-11-9-17(10-12-22)21-18(23)13-14-5-7-16(20)8-6-14/h5-8,15,17H,3-4,9-13H2,1-2H3,(H,21,23). The van der Waals surface area contributed by atoms with Gasteiger partial charge in [-0.2, -0.15) is 0 Å². The number of hydrogen-bond acceptors (Lipinski definition) is 2. The third kappa shape index (κ3) is 5.05. The highest BCUT2D eigenvalue weighted by Gasteiger charge is 2.27. The first-order valence-corrected chi connectivity index (χ1v) is 8.86. The lowest BCUT2D eigenvalue weighted by atomic mass is 9.98. The van der Waals surface area contributed by atoms with Crippen LogP contribution in [0.3, 0.4) is 0 Å². The van der Waals surface area contributed by atoms with E-state index in [0.717, 1.165) is 31.2 Å². The molecule has 1 heterocycles. The predicted octanol–water partition coefficient (Wildman–Crippen LogP) is 2.91. The first-order chi connectivity index (χ1) is 11.5. The Labute approximate surface area is 143 Å². The van der Waals surface area contributed by atoms with Crippen LogP contribution >= 0.6 is 0 Å². The van der Waals surface area contributed by atoms with E-state index < -0.39 is 0 Å². The molecule has 0 saturated carbocycles. The van der Waals surface area contributed by atoms with Crippen LogP contribution in [0.1, 0.15) is 45.1 Å². The Balaban J connectivity index is 1.77. The maximum absolute atomic E-state index is 12.9. The Kier molecular flexibility index (Phi) is 6.76. The van der Waals surface area contributed by atoms with E-state index in [1.165, 1.54) is 12.1 Å². The molecule has 0 radical (unpaired) electrons. The third-order valence-electron chi connectivity index (χ3n) is 4.78. The quantitative estimate of drug-likeness (QED) is 0.869. The van der Waals surface area contributed by atoms with Gasteiger partial charge in [0, 0.05) is 25.0 Å². The molecule has 1 aromatic rings. The van der Waals surface area contributed by atoms with Gasteiger partial charge >= 0.3 is 0 Å². The maximum atomic E-state index is 12.9. The molecule has 24 heavy (non-hydrogen) atoms.